The zero-order valence-electron chi connectivity index (χ0n) is 12.6. The predicted octanol–water partition coefficient (Wildman–Crippen LogP) is 2.92. The average molecular weight is 309 g/mol. The van der Waals surface area contributed by atoms with Crippen LogP contribution < -0.4 is 10.2 Å². The fraction of sp³-hybridized carbons (Fsp3) is 0.500. The third-order valence-corrected chi connectivity index (χ3v) is 4.39. The van der Waals surface area contributed by atoms with E-state index in [-0.39, 0.29) is 17.7 Å². The number of aryl methyl sites for hydroxylation is 1. The van der Waals surface area contributed by atoms with Gasteiger partial charge in [-0.1, -0.05) is 44.0 Å². The topological polar surface area (TPSA) is 49.4 Å². The summed E-state index contributed by atoms with van der Waals surface area (Å²) in [5.74, 6) is -0.0721. The molecule has 1 saturated heterocycles. The first-order valence-corrected chi connectivity index (χ1v) is 7.69. The van der Waals surface area contributed by atoms with Gasteiger partial charge in [0.15, 0.2) is 0 Å². The van der Waals surface area contributed by atoms with Crippen molar-refractivity contribution >= 4 is 29.1 Å². The van der Waals surface area contributed by atoms with Crippen LogP contribution in [0, 0.1) is 12.8 Å². The molecule has 1 aromatic carbocycles. The second kappa shape index (κ2) is 6.48. The van der Waals surface area contributed by atoms with Crippen LogP contribution in [0.1, 0.15) is 32.3 Å². The molecule has 0 saturated carbocycles. The first-order chi connectivity index (χ1) is 9.95. The summed E-state index contributed by atoms with van der Waals surface area (Å²) in [5.41, 5.74) is 1.65. The molecule has 4 nitrogen and oxygen atoms in total. The highest BCUT2D eigenvalue weighted by Gasteiger charge is 2.34. The van der Waals surface area contributed by atoms with Gasteiger partial charge in [-0.2, -0.15) is 0 Å². The van der Waals surface area contributed by atoms with Crippen LogP contribution in [-0.4, -0.2) is 24.4 Å². The van der Waals surface area contributed by atoms with E-state index in [9.17, 15) is 9.59 Å². The number of carbonyl (C=O) groups is 2. The summed E-state index contributed by atoms with van der Waals surface area (Å²) in [6, 6.07) is 5.07. The van der Waals surface area contributed by atoms with Crippen LogP contribution >= 0.6 is 11.6 Å². The van der Waals surface area contributed by atoms with E-state index in [2.05, 4.69) is 5.32 Å². The van der Waals surface area contributed by atoms with Crippen LogP contribution in [0.3, 0.4) is 0 Å². The molecule has 1 heterocycles. The Hall–Kier alpha value is -1.55. The molecule has 2 atom stereocenters. The molecule has 0 aromatic heterocycles. The van der Waals surface area contributed by atoms with E-state index in [0.29, 0.717) is 23.7 Å². The maximum atomic E-state index is 12.8. The summed E-state index contributed by atoms with van der Waals surface area (Å²) in [6.07, 6.45) is 1.12. The second-order valence-electron chi connectivity index (χ2n) is 5.58. The monoisotopic (exact) mass is 308 g/mol. The number of carbonyl (C=O) groups excluding carboxylic acids is 2. The molecule has 2 unspecified atom stereocenters. The number of benzene rings is 1. The summed E-state index contributed by atoms with van der Waals surface area (Å²) in [6.45, 7) is 6.28. The van der Waals surface area contributed by atoms with Crippen molar-refractivity contribution in [2.24, 2.45) is 5.92 Å². The molecular weight excluding hydrogens is 288 g/mol. The lowest BCUT2D eigenvalue weighted by molar-refractivity contribution is -0.126. The molecule has 1 aromatic rings. The minimum absolute atomic E-state index is 0.0774. The Morgan fingerprint density at radius 3 is 2.76 bits per heavy atom. The Morgan fingerprint density at radius 1 is 1.43 bits per heavy atom. The number of halogens is 1. The zero-order chi connectivity index (χ0) is 15.6. The van der Waals surface area contributed by atoms with Crippen LogP contribution in [0.4, 0.5) is 5.69 Å². The number of para-hydroxylation sites is 1. The van der Waals surface area contributed by atoms with Crippen LogP contribution in [0.5, 0.6) is 0 Å². The lowest BCUT2D eigenvalue weighted by Gasteiger charge is -2.28. The molecule has 5 heteroatoms. The normalized spacial score (nSPS) is 21.0. The molecule has 1 fully saturated rings. The van der Waals surface area contributed by atoms with Crippen molar-refractivity contribution in [1.82, 2.24) is 5.32 Å². The van der Waals surface area contributed by atoms with Crippen molar-refractivity contribution in [3.05, 3.63) is 28.8 Å². The number of hydrogen-bond acceptors (Lipinski definition) is 2. The summed E-state index contributed by atoms with van der Waals surface area (Å²) in [7, 11) is 0. The zero-order valence-corrected chi connectivity index (χ0v) is 13.4. The highest BCUT2D eigenvalue weighted by molar-refractivity contribution is 6.34. The van der Waals surface area contributed by atoms with E-state index in [1.165, 1.54) is 0 Å². The van der Waals surface area contributed by atoms with Gasteiger partial charge in [-0.25, -0.2) is 0 Å². The Kier molecular flexibility index (Phi) is 4.88. The Balaban J connectivity index is 2.42. The maximum Gasteiger partial charge on any atom is 0.249 e. The largest absolute Gasteiger partial charge is 0.344 e. The van der Waals surface area contributed by atoms with Gasteiger partial charge in [0.2, 0.25) is 11.8 Å². The van der Waals surface area contributed by atoms with E-state index in [1.807, 2.05) is 32.9 Å². The number of anilines is 1. The Morgan fingerprint density at radius 2 is 2.14 bits per heavy atom. The van der Waals surface area contributed by atoms with E-state index in [1.54, 1.807) is 11.0 Å². The van der Waals surface area contributed by atoms with E-state index >= 15 is 0 Å². The molecule has 1 aliphatic rings. The summed E-state index contributed by atoms with van der Waals surface area (Å²) >= 11 is 6.28. The van der Waals surface area contributed by atoms with Crippen molar-refractivity contribution < 1.29 is 9.59 Å². The van der Waals surface area contributed by atoms with E-state index < -0.39 is 6.04 Å². The molecule has 0 aliphatic carbocycles. The minimum atomic E-state index is -0.485. The van der Waals surface area contributed by atoms with Crippen molar-refractivity contribution in [2.45, 2.75) is 39.7 Å². The van der Waals surface area contributed by atoms with E-state index in [0.717, 1.165) is 12.0 Å². The van der Waals surface area contributed by atoms with E-state index in [4.69, 9.17) is 11.6 Å². The number of rotatable bonds is 3. The maximum absolute atomic E-state index is 12.8. The van der Waals surface area contributed by atoms with Gasteiger partial charge in [0.25, 0.3) is 0 Å². The van der Waals surface area contributed by atoms with Gasteiger partial charge in [0, 0.05) is 13.0 Å². The van der Waals surface area contributed by atoms with Gasteiger partial charge < -0.3 is 10.2 Å². The predicted molar refractivity (Wildman–Crippen MR) is 84.5 cm³/mol. The standard InChI is InChI=1S/C16H21ClN2O2/c1-4-10(2)14-16(21)19(9-8-13(20)18-14)15-11(3)6-5-7-12(15)17/h5-7,10,14H,4,8-9H2,1-3H3,(H,18,20). The van der Waals surface area contributed by atoms with Crippen molar-refractivity contribution in [1.29, 1.82) is 0 Å². The lowest BCUT2D eigenvalue weighted by atomic mass is 9.97. The average Bonchev–Trinajstić information content (AvgIpc) is 2.59. The van der Waals surface area contributed by atoms with Crippen LogP contribution in [0.2, 0.25) is 5.02 Å². The highest BCUT2D eigenvalue weighted by atomic mass is 35.5. The molecule has 2 rings (SSSR count). The van der Waals surface area contributed by atoms with Gasteiger partial charge >= 0.3 is 0 Å². The van der Waals surface area contributed by atoms with Crippen molar-refractivity contribution in [3.8, 4) is 0 Å². The van der Waals surface area contributed by atoms with Gasteiger partial charge in [0.1, 0.15) is 6.04 Å². The van der Waals surface area contributed by atoms with Crippen molar-refractivity contribution in [2.75, 3.05) is 11.4 Å². The fourth-order valence-corrected chi connectivity index (χ4v) is 2.93. The number of hydrogen-bond donors (Lipinski definition) is 1. The molecule has 0 spiro atoms. The fourth-order valence-electron chi connectivity index (χ4n) is 2.61. The molecule has 1 aliphatic heterocycles. The van der Waals surface area contributed by atoms with Crippen LogP contribution in [-0.2, 0) is 9.59 Å². The summed E-state index contributed by atoms with van der Waals surface area (Å²) in [5, 5.41) is 3.39. The van der Waals surface area contributed by atoms with Crippen molar-refractivity contribution in [3.63, 3.8) is 0 Å². The van der Waals surface area contributed by atoms with Crippen LogP contribution in [0.15, 0.2) is 18.2 Å². The molecule has 0 radical (unpaired) electrons. The summed E-state index contributed by atoms with van der Waals surface area (Å²) < 4.78 is 0. The third-order valence-electron chi connectivity index (χ3n) is 4.08. The molecule has 2 amide bonds. The Labute approximate surface area is 130 Å². The SMILES string of the molecule is CCC(C)C1NC(=O)CCN(c2c(C)cccc2Cl)C1=O. The van der Waals surface area contributed by atoms with Gasteiger partial charge in [0.05, 0.1) is 10.7 Å². The second-order valence-corrected chi connectivity index (χ2v) is 5.98. The molecule has 114 valence electrons. The molecule has 1 N–H and O–H groups in total. The van der Waals surface area contributed by atoms with Gasteiger partial charge in [-0.05, 0) is 24.5 Å². The first-order valence-electron chi connectivity index (χ1n) is 7.31. The summed E-state index contributed by atoms with van der Waals surface area (Å²) in [4.78, 5) is 26.4. The van der Waals surface area contributed by atoms with Gasteiger partial charge in [-0.15, -0.1) is 0 Å². The lowest BCUT2D eigenvalue weighted by Crippen LogP contribution is -2.48. The number of amides is 2. The smallest absolute Gasteiger partial charge is 0.249 e. The Bertz CT molecular complexity index is 539. The van der Waals surface area contributed by atoms with Crippen LogP contribution in [0.25, 0.3) is 0 Å². The number of nitrogens with zero attached hydrogens (tertiary/aromatic N) is 1. The molecular formula is C16H21ClN2O2. The molecule has 21 heavy (non-hydrogen) atoms. The van der Waals surface area contributed by atoms with Gasteiger partial charge in [-0.3, -0.25) is 9.59 Å². The quantitative estimate of drug-likeness (QED) is 0.933. The molecule has 0 bridgehead atoms. The first kappa shape index (κ1) is 15.8. The third kappa shape index (κ3) is 3.21. The number of nitrogens with one attached hydrogen (secondary N) is 1. The highest BCUT2D eigenvalue weighted by Crippen LogP contribution is 2.31. The minimum Gasteiger partial charge on any atom is -0.344 e.